The number of allylic oxidation sites excluding steroid dienone is 1. The molecule has 146 valence electrons. The first-order chi connectivity index (χ1) is 13.9. The Morgan fingerprint density at radius 2 is 1.79 bits per heavy atom. The van der Waals surface area contributed by atoms with Gasteiger partial charge in [0.1, 0.15) is 0 Å². The highest BCUT2D eigenvalue weighted by Gasteiger charge is 2.41. The molecule has 2 aromatic rings. The molecule has 3 rings (SSSR count). The molecule has 0 bridgehead atoms. The number of hydrogen-bond donors (Lipinski definition) is 0. The molecule has 0 amide bonds. The summed E-state index contributed by atoms with van der Waals surface area (Å²) in [6, 6.07) is 15.6. The van der Waals surface area contributed by atoms with E-state index in [1.54, 1.807) is 31.2 Å². The van der Waals surface area contributed by atoms with Crippen molar-refractivity contribution in [3.8, 4) is 0 Å². The van der Waals surface area contributed by atoms with E-state index in [1.807, 2.05) is 30.3 Å². The molecule has 1 aliphatic rings. The number of carbonyl (C=O) groups excluding carboxylic acids is 2. The minimum absolute atomic E-state index is 0.0617. The van der Waals surface area contributed by atoms with Crippen LogP contribution < -0.4 is 0 Å². The SMILES string of the molecule is [C-]#[N+]C1C(SCC(=O)c2ccc(Cl)cc2)=NC(C)=C(C(C)=O)C1c1ccccc1. The Morgan fingerprint density at radius 3 is 2.38 bits per heavy atom. The van der Waals surface area contributed by atoms with Gasteiger partial charge >= 0.3 is 0 Å². The smallest absolute Gasteiger partial charge is 0.282 e. The Bertz CT molecular complexity index is 1040. The third kappa shape index (κ3) is 4.67. The predicted octanol–water partition coefficient (Wildman–Crippen LogP) is 5.60. The van der Waals surface area contributed by atoms with Gasteiger partial charge in [0.15, 0.2) is 16.6 Å². The van der Waals surface area contributed by atoms with Crippen LogP contribution in [-0.2, 0) is 4.79 Å². The van der Waals surface area contributed by atoms with Crippen molar-refractivity contribution < 1.29 is 9.59 Å². The zero-order valence-electron chi connectivity index (χ0n) is 16.1. The van der Waals surface area contributed by atoms with Gasteiger partial charge in [-0.3, -0.25) is 9.59 Å². The number of ketones is 2. The quantitative estimate of drug-likeness (QED) is 0.465. The normalized spacial score (nSPS) is 18.8. The van der Waals surface area contributed by atoms with Crippen molar-refractivity contribution in [2.24, 2.45) is 4.99 Å². The van der Waals surface area contributed by atoms with Crippen LogP contribution in [0.4, 0.5) is 0 Å². The van der Waals surface area contributed by atoms with Crippen LogP contribution in [-0.4, -0.2) is 28.4 Å². The summed E-state index contributed by atoms with van der Waals surface area (Å²) in [4.78, 5) is 33.2. The maximum absolute atomic E-state index is 12.5. The van der Waals surface area contributed by atoms with Gasteiger partial charge in [0.2, 0.25) is 0 Å². The van der Waals surface area contributed by atoms with Crippen LogP contribution in [0.1, 0.15) is 35.7 Å². The highest BCUT2D eigenvalue weighted by molar-refractivity contribution is 8.14. The predicted molar refractivity (Wildman–Crippen MR) is 119 cm³/mol. The van der Waals surface area contributed by atoms with Crippen LogP contribution in [0.15, 0.2) is 70.9 Å². The fourth-order valence-electron chi connectivity index (χ4n) is 3.41. The van der Waals surface area contributed by atoms with E-state index < -0.39 is 12.0 Å². The Labute approximate surface area is 179 Å². The van der Waals surface area contributed by atoms with Gasteiger partial charge in [-0.25, -0.2) is 11.6 Å². The van der Waals surface area contributed by atoms with Crippen LogP contribution in [0.5, 0.6) is 0 Å². The van der Waals surface area contributed by atoms with Crippen LogP contribution in [0.2, 0.25) is 5.02 Å². The molecule has 0 radical (unpaired) electrons. The van der Waals surface area contributed by atoms with Crippen LogP contribution in [0, 0.1) is 6.57 Å². The summed E-state index contributed by atoms with van der Waals surface area (Å²) in [7, 11) is 0. The molecule has 0 spiro atoms. The van der Waals surface area contributed by atoms with Crippen molar-refractivity contribution in [1.82, 2.24) is 0 Å². The van der Waals surface area contributed by atoms with Crippen molar-refractivity contribution in [2.45, 2.75) is 25.8 Å². The molecular formula is C23H19ClN2O2S. The number of nitrogens with zero attached hydrogens (tertiary/aromatic N) is 2. The zero-order valence-corrected chi connectivity index (χ0v) is 17.6. The molecule has 0 aliphatic carbocycles. The maximum Gasteiger partial charge on any atom is 0.282 e. The number of Topliss-reactive ketones (excluding diaryl/α,β-unsaturated/α-hetero) is 2. The third-order valence-corrected chi connectivity index (χ3v) is 6.03. The molecule has 29 heavy (non-hydrogen) atoms. The molecule has 0 saturated heterocycles. The van der Waals surface area contributed by atoms with Gasteiger partial charge in [-0.2, -0.15) is 0 Å². The van der Waals surface area contributed by atoms with Gasteiger partial charge in [-0.15, -0.1) is 0 Å². The first kappa shape index (κ1) is 21.0. The lowest BCUT2D eigenvalue weighted by Gasteiger charge is -2.26. The summed E-state index contributed by atoms with van der Waals surface area (Å²) in [6.45, 7) is 11.1. The average Bonchev–Trinajstić information content (AvgIpc) is 2.72. The number of carbonyl (C=O) groups is 2. The number of benzene rings is 2. The van der Waals surface area contributed by atoms with Crippen molar-refractivity contribution in [3.05, 3.63) is 93.4 Å². The summed E-state index contributed by atoms with van der Waals surface area (Å²) in [5.74, 6) is -0.378. The van der Waals surface area contributed by atoms with Gasteiger partial charge in [0.05, 0.1) is 11.7 Å². The van der Waals surface area contributed by atoms with Crippen LogP contribution in [0.25, 0.3) is 4.85 Å². The highest BCUT2D eigenvalue weighted by Crippen LogP contribution is 2.39. The molecule has 1 aliphatic heterocycles. The lowest BCUT2D eigenvalue weighted by atomic mass is 9.81. The number of hydrogen-bond acceptors (Lipinski definition) is 4. The lowest BCUT2D eigenvalue weighted by Crippen LogP contribution is -2.31. The molecule has 1 heterocycles. The van der Waals surface area contributed by atoms with Gasteiger partial charge < -0.3 is 4.85 Å². The van der Waals surface area contributed by atoms with E-state index in [-0.39, 0.29) is 17.3 Å². The summed E-state index contributed by atoms with van der Waals surface area (Å²) in [5, 5.41) is 1.14. The van der Waals surface area contributed by atoms with Crippen LogP contribution in [0.3, 0.4) is 0 Å². The van der Waals surface area contributed by atoms with Gasteiger partial charge in [0, 0.05) is 21.9 Å². The lowest BCUT2D eigenvalue weighted by molar-refractivity contribution is -0.114. The van der Waals surface area contributed by atoms with Crippen molar-refractivity contribution >= 4 is 40.0 Å². The first-order valence-corrected chi connectivity index (χ1v) is 10.4. The Balaban J connectivity index is 1.90. The Kier molecular flexibility index (Phi) is 6.68. The number of rotatable bonds is 5. The molecule has 2 unspecified atom stereocenters. The van der Waals surface area contributed by atoms with E-state index in [9.17, 15) is 9.59 Å². The fourth-order valence-corrected chi connectivity index (χ4v) is 4.54. The van der Waals surface area contributed by atoms with E-state index in [4.69, 9.17) is 18.2 Å². The zero-order chi connectivity index (χ0) is 21.0. The molecule has 6 heteroatoms. The molecule has 2 atom stereocenters. The van der Waals surface area contributed by atoms with Crippen molar-refractivity contribution in [1.29, 1.82) is 0 Å². The summed E-state index contributed by atoms with van der Waals surface area (Å²) in [5.41, 5.74) is 2.63. The molecule has 0 fully saturated rings. The van der Waals surface area contributed by atoms with Crippen LogP contribution >= 0.6 is 23.4 Å². The maximum atomic E-state index is 12.5. The van der Waals surface area contributed by atoms with Gasteiger partial charge in [-0.1, -0.05) is 53.7 Å². The molecule has 0 aromatic heterocycles. The largest absolute Gasteiger partial charge is 0.305 e. The number of halogens is 1. The van der Waals surface area contributed by atoms with Crippen molar-refractivity contribution in [3.63, 3.8) is 0 Å². The molecular weight excluding hydrogens is 404 g/mol. The summed E-state index contributed by atoms with van der Waals surface area (Å²) < 4.78 is 0. The summed E-state index contributed by atoms with van der Waals surface area (Å²) >= 11 is 7.14. The molecule has 0 saturated carbocycles. The fraction of sp³-hybridized carbons (Fsp3) is 0.217. The first-order valence-electron chi connectivity index (χ1n) is 9.05. The number of aliphatic imine (C=N–C) groups is 1. The van der Waals surface area contributed by atoms with E-state index in [0.717, 1.165) is 5.56 Å². The third-order valence-electron chi connectivity index (χ3n) is 4.74. The number of thioether (sulfide) groups is 1. The second-order valence-electron chi connectivity index (χ2n) is 6.69. The van der Waals surface area contributed by atoms with Crippen molar-refractivity contribution in [2.75, 3.05) is 5.75 Å². The van der Waals surface area contributed by atoms with E-state index >= 15 is 0 Å². The minimum Gasteiger partial charge on any atom is -0.305 e. The Morgan fingerprint density at radius 1 is 1.14 bits per heavy atom. The highest BCUT2D eigenvalue weighted by atomic mass is 35.5. The average molecular weight is 423 g/mol. The minimum atomic E-state index is -0.636. The topological polar surface area (TPSA) is 50.9 Å². The van der Waals surface area contributed by atoms with Gasteiger partial charge in [-0.05, 0) is 43.7 Å². The standard InChI is InChI=1S/C23H19ClN2O2S/c1-14-20(15(2)27)21(17-7-5-4-6-8-17)22(25-3)23(26-14)29-13-19(28)16-9-11-18(24)12-10-16/h4-12,21-22H,13H2,1-2H3. The van der Waals surface area contributed by atoms with E-state index in [2.05, 4.69) is 9.84 Å². The Hall–Kier alpha value is -2.68. The van der Waals surface area contributed by atoms with Gasteiger partial charge in [0.25, 0.3) is 6.04 Å². The van der Waals surface area contributed by atoms with E-state index in [1.165, 1.54) is 18.7 Å². The summed E-state index contributed by atoms with van der Waals surface area (Å²) in [6.07, 6.45) is 0. The molecule has 0 N–H and O–H groups in total. The second kappa shape index (κ2) is 9.21. The van der Waals surface area contributed by atoms with E-state index in [0.29, 0.717) is 26.9 Å². The molecule has 2 aromatic carbocycles. The monoisotopic (exact) mass is 422 g/mol. The molecule has 4 nitrogen and oxygen atoms in total. The second-order valence-corrected chi connectivity index (χ2v) is 8.12.